The van der Waals surface area contributed by atoms with Crippen molar-refractivity contribution in [3.05, 3.63) is 180 Å². The summed E-state index contributed by atoms with van der Waals surface area (Å²) in [5.74, 6) is 2.98. The molecule has 2 nitrogen and oxygen atoms in total. The van der Waals surface area contributed by atoms with E-state index in [1.807, 2.05) is 0 Å². The Kier molecular flexibility index (Phi) is 6.96. The number of nitrogens with zero attached hydrogens (tertiary/aromatic N) is 2. The molecule has 0 radical (unpaired) electrons. The SMILES string of the molecule is C#C/C=C\c1c(C)n(-c2cccc(N3c4ccccc4C(c4ccccc4)(C4C=CC=CC4)C4=CC=CCC43)c2)c2ccccc12. The van der Waals surface area contributed by atoms with Gasteiger partial charge in [0.1, 0.15) is 0 Å². The van der Waals surface area contributed by atoms with Crippen LogP contribution in [0.25, 0.3) is 22.7 Å². The number of fused-ring (bicyclic) bond motifs is 3. The molecule has 0 fully saturated rings. The average molecular weight is 593 g/mol. The average Bonchev–Trinajstić information content (AvgIpc) is 3.41. The topological polar surface area (TPSA) is 8.17 Å². The largest absolute Gasteiger partial charge is 0.334 e. The van der Waals surface area contributed by atoms with Crippen LogP contribution in [0.15, 0.2) is 157 Å². The quantitative estimate of drug-likeness (QED) is 0.184. The van der Waals surface area contributed by atoms with Gasteiger partial charge in [0.15, 0.2) is 0 Å². The van der Waals surface area contributed by atoms with Gasteiger partial charge in [-0.3, -0.25) is 0 Å². The van der Waals surface area contributed by atoms with Gasteiger partial charge >= 0.3 is 0 Å². The number of rotatable bonds is 5. The van der Waals surface area contributed by atoms with Crippen LogP contribution in [0.3, 0.4) is 0 Å². The number of aromatic nitrogens is 1. The Labute approximate surface area is 272 Å². The highest BCUT2D eigenvalue weighted by Crippen LogP contribution is 2.58. The van der Waals surface area contributed by atoms with Gasteiger partial charge in [-0.25, -0.2) is 0 Å². The molecule has 0 spiro atoms. The molecule has 2 aliphatic carbocycles. The smallest absolute Gasteiger partial charge is 0.0601 e. The van der Waals surface area contributed by atoms with Crippen molar-refractivity contribution in [2.24, 2.45) is 5.92 Å². The molecule has 0 amide bonds. The number of allylic oxidation sites excluding steroid dienone is 7. The minimum absolute atomic E-state index is 0.172. The summed E-state index contributed by atoms with van der Waals surface area (Å²) in [7, 11) is 0. The van der Waals surface area contributed by atoms with Crippen molar-refractivity contribution in [1.29, 1.82) is 0 Å². The van der Waals surface area contributed by atoms with Gasteiger partial charge in [0, 0.05) is 33.7 Å². The molecule has 2 heteroatoms. The first-order chi connectivity index (χ1) is 22.7. The van der Waals surface area contributed by atoms with E-state index in [-0.39, 0.29) is 11.5 Å². The Morgan fingerprint density at radius 3 is 2.43 bits per heavy atom. The molecule has 8 rings (SSSR count). The van der Waals surface area contributed by atoms with Gasteiger partial charge in [0.25, 0.3) is 0 Å². The van der Waals surface area contributed by atoms with Crippen molar-refractivity contribution >= 4 is 28.4 Å². The van der Waals surface area contributed by atoms with E-state index in [2.05, 4.69) is 174 Å². The second kappa shape index (κ2) is 11.4. The van der Waals surface area contributed by atoms with E-state index in [9.17, 15) is 0 Å². The summed E-state index contributed by atoms with van der Waals surface area (Å²) in [5, 5.41) is 1.20. The Hall–Kier alpha value is -5.52. The van der Waals surface area contributed by atoms with Crippen LogP contribution in [0.1, 0.15) is 35.2 Å². The Balaban J connectivity index is 1.36. The molecule has 3 atom stereocenters. The molecular formula is C44H36N2. The van der Waals surface area contributed by atoms with Crippen LogP contribution < -0.4 is 4.90 Å². The third-order valence-corrected chi connectivity index (χ3v) is 10.1. The van der Waals surface area contributed by atoms with E-state index in [0.29, 0.717) is 5.92 Å². The van der Waals surface area contributed by atoms with Crippen molar-refractivity contribution in [2.75, 3.05) is 4.90 Å². The first kappa shape index (κ1) is 28.0. The summed E-state index contributed by atoms with van der Waals surface area (Å²) in [5.41, 5.74) is 11.0. The van der Waals surface area contributed by atoms with Crippen molar-refractivity contribution in [1.82, 2.24) is 4.57 Å². The van der Waals surface area contributed by atoms with Crippen LogP contribution in [0, 0.1) is 25.2 Å². The summed E-state index contributed by atoms with van der Waals surface area (Å²) in [4.78, 5) is 2.60. The number of benzene rings is 4. The monoisotopic (exact) mass is 592 g/mol. The van der Waals surface area contributed by atoms with E-state index in [1.165, 1.54) is 44.7 Å². The van der Waals surface area contributed by atoms with Crippen molar-refractivity contribution < 1.29 is 0 Å². The maximum absolute atomic E-state index is 5.62. The predicted molar refractivity (Wildman–Crippen MR) is 194 cm³/mol. The van der Waals surface area contributed by atoms with Gasteiger partial charge in [0.05, 0.1) is 17.0 Å². The zero-order chi connectivity index (χ0) is 31.1. The van der Waals surface area contributed by atoms with E-state index in [4.69, 9.17) is 6.42 Å². The summed E-state index contributed by atoms with van der Waals surface area (Å²) in [6.45, 7) is 2.19. The second-order valence-electron chi connectivity index (χ2n) is 12.4. The highest BCUT2D eigenvalue weighted by Gasteiger charge is 2.52. The summed E-state index contributed by atoms with van der Waals surface area (Å²) < 4.78 is 2.37. The Bertz CT molecular complexity index is 2150. The van der Waals surface area contributed by atoms with E-state index >= 15 is 0 Å². The van der Waals surface area contributed by atoms with Crippen LogP contribution in [0.5, 0.6) is 0 Å². The molecule has 0 N–H and O–H groups in total. The Morgan fingerprint density at radius 2 is 1.59 bits per heavy atom. The molecule has 4 aromatic carbocycles. The standard InChI is InChI=1S/C44H36N2/c1-3-4-24-37-32(2)45(41-28-14-11-25-38(37)41)35-22-17-23-36(31-35)46-42-29-15-12-26-39(42)44(33-18-7-5-8-19-33,34-20-9-6-10-21-34)40-27-13-16-30-43(40)46/h1,4-20,22-29,31,34,43H,21,30H2,2H3/b24-4-. The number of hydrogen-bond acceptors (Lipinski definition) is 1. The lowest BCUT2D eigenvalue weighted by Gasteiger charge is -2.54. The van der Waals surface area contributed by atoms with Gasteiger partial charge in [-0.15, -0.1) is 6.42 Å². The molecule has 2 heterocycles. The molecule has 1 aromatic heterocycles. The number of terminal acetylenes is 1. The van der Waals surface area contributed by atoms with Gasteiger partial charge in [-0.05, 0) is 84.9 Å². The van der Waals surface area contributed by atoms with Gasteiger partial charge in [0.2, 0.25) is 0 Å². The van der Waals surface area contributed by atoms with E-state index < -0.39 is 0 Å². The highest BCUT2D eigenvalue weighted by atomic mass is 15.2. The maximum atomic E-state index is 5.62. The normalized spacial score (nSPS) is 21.7. The summed E-state index contributed by atoms with van der Waals surface area (Å²) >= 11 is 0. The van der Waals surface area contributed by atoms with Crippen molar-refractivity contribution in [2.45, 2.75) is 31.2 Å². The molecule has 5 aromatic rings. The number of anilines is 2. The zero-order valence-corrected chi connectivity index (χ0v) is 26.1. The highest BCUT2D eigenvalue weighted by molar-refractivity contribution is 5.93. The lowest BCUT2D eigenvalue weighted by molar-refractivity contribution is 0.400. The molecule has 0 saturated carbocycles. The second-order valence-corrected chi connectivity index (χ2v) is 12.4. The van der Waals surface area contributed by atoms with Crippen LogP contribution in [-0.4, -0.2) is 10.6 Å². The first-order valence-corrected chi connectivity index (χ1v) is 16.2. The molecule has 1 aliphatic heterocycles. The molecule has 3 unspecified atom stereocenters. The zero-order valence-electron chi connectivity index (χ0n) is 26.1. The Morgan fingerprint density at radius 1 is 0.804 bits per heavy atom. The van der Waals surface area contributed by atoms with E-state index in [1.54, 1.807) is 6.08 Å². The van der Waals surface area contributed by atoms with Crippen LogP contribution >= 0.6 is 0 Å². The molecule has 222 valence electrons. The van der Waals surface area contributed by atoms with Gasteiger partial charge in [-0.1, -0.05) is 121 Å². The maximum Gasteiger partial charge on any atom is 0.0601 e. The van der Waals surface area contributed by atoms with Crippen molar-refractivity contribution in [3.8, 4) is 18.0 Å². The van der Waals surface area contributed by atoms with E-state index in [0.717, 1.165) is 24.1 Å². The lowest BCUT2D eigenvalue weighted by Crippen LogP contribution is -2.51. The number of para-hydroxylation sites is 2. The minimum Gasteiger partial charge on any atom is -0.334 e. The first-order valence-electron chi connectivity index (χ1n) is 16.2. The third-order valence-electron chi connectivity index (χ3n) is 10.1. The molecular weight excluding hydrogens is 556 g/mol. The predicted octanol–water partition coefficient (Wildman–Crippen LogP) is 10.4. The van der Waals surface area contributed by atoms with Crippen molar-refractivity contribution in [3.63, 3.8) is 0 Å². The minimum atomic E-state index is -0.284. The van der Waals surface area contributed by atoms with Gasteiger partial charge in [-0.2, -0.15) is 0 Å². The van der Waals surface area contributed by atoms with Crippen LogP contribution in [-0.2, 0) is 5.41 Å². The number of hydrogen-bond donors (Lipinski definition) is 0. The fourth-order valence-corrected chi connectivity index (χ4v) is 8.32. The molecule has 0 saturated heterocycles. The molecule has 3 aliphatic rings. The molecule has 0 bridgehead atoms. The molecule has 46 heavy (non-hydrogen) atoms. The summed E-state index contributed by atoms with van der Waals surface area (Å²) in [6, 6.07) is 38.1. The van der Waals surface area contributed by atoms with Gasteiger partial charge < -0.3 is 9.47 Å². The fourth-order valence-electron chi connectivity index (χ4n) is 8.32. The fraction of sp³-hybridized carbons (Fsp3) is 0.136. The third kappa shape index (κ3) is 4.20. The van der Waals surface area contributed by atoms with Crippen LogP contribution in [0.2, 0.25) is 0 Å². The summed E-state index contributed by atoms with van der Waals surface area (Å²) in [6.07, 6.45) is 27.6. The lowest BCUT2D eigenvalue weighted by atomic mass is 9.55. The van der Waals surface area contributed by atoms with Crippen LogP contribution in [0.4, 0.5) is 11.4 Å².